The van der Waals surface area contributed by atoms with Gasteiger partial charge in [-0.2, -0.15) is 5.10 Å². The van der Waals surface area contributed by atoms with Crippen LogP contribution in [0, 0.1) is 34.6 Å². The molecule has 0 unspecified atom stereocenters. The van der Waals surface area contributed by atoms with Crippen molar-refractivity contribution < 1.29 is 14.1 Å². The zero-order chi connectivity index (χ0) is 23.5. The van der Waals surface area contributed by atoms with Crippen molar-refractivity contribution in [3.05, 3.63) is 93.6 Å². The minimum Gasteiger partial charge on any atom is -0.489 e. The summed E-state index contributed by atoms with van der Waals surface area (Å²) in [7, 11) is 0. The molecule has 0 fully saturated rings. The number of nitrogens with zero attached hydrogens (tertiary/aromatic N) is 3. The van der Waals surface area contributed by atoms with Crippen LogP contribution < -0.4 is 10.1 Å². The molecule has 2 heterocycles. The van der Waals surface area contributed by atoms with Crippen LogP contribution in [0.5, 0.6) is 5.75 Å². The second kappa shape index (κ2) is 9.32. The molecule has 0 aliphatic heterocycles. The van der Waals surface area contributed by atoms with Crippen LogP contribution in [0.25, 0.3) is 5.69 Å². The molecule has 0 saturated carbocycles. The highest BCUT2D eigenvalue weighted by atomic mass is 16.5. The van der Waals surface area contributed by atoms with Gasteiger partial charge in [-0.3, -0.25) is 4.79 Å². The molecule has 0 aliphatic carbocycles. The SMILES string of the molecule is Cc1ccc(OCc2c(C(=O)NCc3c(C)nn(-c4ccccc4)c3C)noc2C)cc1C. The molecule has 1 amide bonds. The van der Waals surface area contributed by atoms with Gasteiger partial charge in [-0.1, -0.05) is 29.4 Å². The Morgan fingerprint density at radius 2 is 1.76 bits per heavy atom. The molecule has 0 saturated heterocycles. The third-order valence-corrected chi connectivity index (χ3v) is 5.93. The fraction of sp³-hybridized carbons (Fsp3) is 0.269. The van der Waals surface area contributed by atoms with E-state index in [-0.39, 0.29) is 18.2 Å². The van der Waals surface area contributed by atoms with E-state index in [4.69, 9.17) is 9.26 Å². The summed E-state index contributed by atoms with van der Waals surface area (Å²) in [5, 5.41) is 11.6. The Kier molecular flexibility index (Phi) is 6.31. The molecule has 0 aliphatic rings. The summed E-state index contributed by atoms with van der Waals surface area (Å²) in [6.45, 7) is 10.3. The topological polar surface area (TPSA) is 82.2 Å². The average molecular weight is 445 g/mol. The van der Waals surface area contributed by atoms with Crippen LogP contribution in [0.4, 0.5) is 0 Å². The van der Waals surface area contributed by atoms with Gasteiger partial charge in [0.2, 0.25) is 0 Å². The minimum atomic E-state index is -0.309. The second-order valence-electron chi connectivity index (χ2n) is 8.18. The minimum absolute atomic E-state index is 0.199. The molecule has 0 radical (unpaired) electrons. The van der Waals surface area contributed by atoms with Crippen LogP contribution in [0.15, 0.2) is 53.1 Å². The van der Waals surface area contributed by atoms with Crippen molar-refractivity contribution in [2.24, 2.45) is 0 Å². The molecule has 1 N–H and O–H groups in total. The van der Waals surface area contributed by atoms with Crippen LogP contribution in [0.2, 0.25) is 0 Å². The molecule has 2 aromatic heterocycles. The van der Waals surface area contributed by atoms with Crippen molar-refractivity contribution >= 4 is 5.91 Å². The van der Waals surface area contributed by atoms with Crippen LogP contribution in [-0.4, -0.2) is 20.8 Å². The molecule has 170 valence electrons. The predicted molar refractivity (Wildman–Crippen MR) is 126 cm³/mol. The highest BCUT2D eigenvalue weighted by molar-refractivity contribution is 5.93. The highest BCUT2D eigenvalue weighted by Crippen LogP contribution is 2.21. The third kappa shape index (κ3) is 4.67. The maximum absolute atomic E-state index is 12.9. The number of carbonyl (C=O) groups is 1. The van der Waals surface area contributed by atoms with E-state index in [2.05, 4.69) is 22.5 Å². The number of ether oxygens (including phenoxy) is 1. The lowest BCUT2D eigenvalue weighted by atomic mass is 10.1. The summed E-state index contributed by atoms with van der Waals surface area (Å²) in [5.74, 6) is 0.995. The lowest BCUT2D eigenvalue weighted by molar-refractivity contribution is 0.0939. The number of carbonyl (C=O) groups excluding carboxylic acids is 1. The van der Waals surface area contributed by atoms with Crippen molar-refractivity contribution in [3.8, 4) is 11.4 Å². The van der Waals surface area contributed by atoms with Gasteiger partial charge in [0, 0.05) is 17.8 Å². The number of para-hydroxylation sites is 1. The first-order chi connectivity index (χ1) is 15.8. The van der Waals surface area contributed by atoms with Crippen LogP contribution in [0.3, 0.4) is 0 Å². The van der Waals surface area contributed by atoms with Crippen molar-refractivity contribution in [1.82, 2.24) is 20.3 Å². The van der Waals surface area contributed by atoms with Crippen LogP contribution >= 0.6 is 0 Å². The van der Waals surface area contributed by atoms with Gasteiger partial charge in [-0.15, -0.1) is 0 Å². The molecule has 2 aromatic carbocycles. The number of hydrogen-bond acceptors (Lipinski definition) is 5. The van der Waals surface area contributed by atoms with Gasteiger partial charge in [-0.05, 0) is 70.0 Å². The van der Waals surface area contributed by atoms with Gasteiger partial charge >= 0.3 is 0 Å². The maximum Gasteiger partial charge on any atom is 0.274 e. The van der Waals surface area contributed by atoms with Gasteiger partial charge < -0.3 is 14.6 Å². The summed E-state index contributed by atoms with van der Waals surface area (Å²) in [5.41, 5.74) is 7.02. The summed E-state index contributed by atoms with van der Waals surface area (Å²) in [4.78, 5) is 12.9. The number of amides is 1. The largest absolute Gasteiger partial charge is 0.489 e. The van der Waals surface area contributed by atoms with Gasteiger partial charge in [0.05, 0.1) is 16.9 Å². The molecule has 0 spiro atoms. The van der Waals surface area contributed by atoms with Gasteiger partial charge in [-0.25, -0.2) is 4.68 Å². The van der Waals surface area contributed by atoms with E-state index >= 15 is 0 Å². The Morgan fingerprint density at radius 1 is 1.00 bits per heavy atom. The molecule has 0 bridgehead atoms. The standard InChI is InChI=1S/C26H28N4O3/c1-16-11-12-22(13-17(16)2)32-15-24-20(5)33-29-25(24)26(31)27-14-23-18(3)28-30(19(23)4)21-9-7-6-8-10-21/h6-13H,14-15H2,1-5H3,(H,27,31). The van der Waals surface area contributed by atoms with E-state index in [0.717, 1.165) is 34.0 Å². The van der Waals surface area contributed by atoms with E-state index < -0.39 is 0 Å². The molecule has 4 rings (SSSR count). The van der Waals surface area contributed by atoms with E-state index in [1.807, 2.05) is 74.0 Å². The first kappa shape index (κ1) is 22.3. The molecule has 33 heavy (non-hydrogen) atoms. The zero-order valence-corrected chi connectivity index (χ0v) is 19.6. The van der Waals surface area contributed by atoms with E-state index in [0.29, 0.717) is 17.9 Å². The molecular formula is C26H28N4O3. The predicted octanol–water partition coefficient (Wildman–Crippen LogP) is 4.91. The van der Waals surface area contributed by atoms with Crippen LogP contribution in [-0.2, 0) is 13.2 Å². The summed E-state index contributed by atoms with van der Waals surface area (Å²) in [6, 6.07) is 15.8. The fourth-order valence-electron chi connectivity index (χ4n) is 3.70. The van der Waals surface area contributed by atoms with Crippen molar-refractivity contribution in [2.75, 3.05) is 0 Å². The lowest BCUT2D eigenvalue weighted by Crippen LogP contribution is -2.25. The number of rotatable bonds is 7. The Balaban J connectivity index is 1.47. The quantitative estimate of drug-likeness (QED) is 0.438. The van der Waals surface area contributed by atoms with E-state index in [9.17, 15) is 4.79 Å². The first-order valence-corrected chi connectivity index (χ1v) is 10.9. The Bertz CT molecular complexity index is 1290. The molecular weight excluding hydrogens is 416 g/mol. The summed E-state index contributed by atoms with van der Waals surface area (Å²) < 4.78 is 13.1. The lowest BCUT2D eigenvalue weighted by Gasteiger charge is -2.09. The Morgan fingerprint density at radius 3 is 2.48 bits per heavy atom. The Hall–Kier alpha value is -3.87. The zero-order valence-electron chi connectivity index (χ0n) is 19.6. The average Bonchev–Trinajstić information content (AvgIpc) is 3.32. The van der Waals surface area contributed by atoms with Crippen molar-refractivity contribution in [1.29, 1.82) is 0 Å². The van der Waals surface area contributed by atoms with E-state index in [1.165, 1.54) is 5.56 Å². The normalized spacial score (nSPS) is 10.9. The summed E-state index contributed by atoms with van der Waals surface area (Å²) in [6.07, 6.45) is 0. The van der Waals surface area contributed by atoms with Crippen molar-refractivity contribution in [2.45, 2.75) is 47.8 Å². The summed E-state index contributed by atoms with van der Waals surface area (Å²) >= 11 is 0. The highest BCUT2D eigenvalue weighted by Gasteiger charge is 2.21. The number of nitrogens with one attached hydrogen (secondary N) is 1. The van der Waals surface area contributed by atoms with Gasteiger partial charge in [0.1, 0.15) is 18.1 Å². The molecule has 0 atom stereocenters. The number of aromatic nitrogens is 3. The van der Waals surface area contributed by atoms with E-state index in [1.54, 1.807) is 6.92 Å². The number of aryl methyl sites for hydroxylation is 4. The second-order valence-corrected chi connectivity index (χ2v) is 8.18. The van der Waals surface area contributed by atoms with Crippen LogP contribution in [0.1, 0.15) is 49.9 Å². The van der Waals surface area contributed by atoms with Gasteiger partial charge in [0.25, 0.3) is 5.91 Å². The smallest absolute Gasteiger partial charge is 0.274 e. The number of benzene rings is 2. The van der Waals surface area contributed by atoms with Gasteiger partial charge in [0.15, 0.2) is 5.69 Å². The maximum atomic E-state index is 12.9. The monoisotopic (exact) mass is 444 g/mol. The number of hydrogen-bond donors (Lipinski definition) is 1. The molecule has 7 heteroatoms. The van der Waals surface area contributed by atoms with Crippen molar-refractivity contribution in [3.63, 3.8) is 0 Å². The molecule has 7 nitrogen and oxygen atoms in total. The Labute approximate surface area is 193 Å². The first-order valence-electron chi connectivity index (χ1n) is 10.9. The molecule has 4 aromatic rings. The fourth-order valence-corrected chi connectivity index (χ4v) is 3.70. The third-order valence-electron chi connectivity index (χ3n) is 5.93.